The molecule has 2 aliphatic rings. The Balaban J connectivity index is 1.64. The summed E-state index contributed by atoms with van der Waals surface area (Å²) in [6.07, 6.45) is 0.524. The molecule has 0 spiro atoms. The van der Waals surface area contributed by atoms with Gasteiger partial charge in [0.05, 0.1) is 19.8 Å². The highest BCUT2D eigenvalue weighted by Gasteiger charge is 2.26. The smallest absolute Gasteiger partial charge is 0.334 e. The van der Waals surface area contributed by atoms with Gasteiger partial charge < -0.3 is 19.5 Å². The molecule has 7 heteroatoms. The number of aliphatic carboxylic acids is 1. The molecule has 2 fully saturated rings. The Hall–Kier alpha value is -1.18. The third-order valence-electron chi connectivity index (χ3n) is 3.65. The van der Waals surface area contributed by atoms with E-state index in [1.807, 2.05) is 4.90 Å². The van der Waals surface area contributed by atoms with Crippen molar-refractivity contribution in [2.75, 3.05) is 52.5 Å². The molecule has 2 aliphatic heterocycles. The number of morpholine rings is 2. The van der Waals surface area contributed by atoms with Crippen LogP contribution in [0.3, 0.4) is 0 Å². The van der Waals surface area contributed by atoms with E-state index in [0.717, 1.165) is 19.5 Å². The third-order valence-corrected chi connectivity index (χ3v) is 3.65. The van der Waals surface area contributed by atoms with Gasteiger partial charge in [0.1, 0.15) is 0 Å². The number of ether oxygens (including phenoxy) is 2. The van der Waals surface area contributed by atoms with E-state index < -0.39 is 12.1 Å². The van der Waals surface area contributed by atoms with E-state index >= 15 is 0 Å². The third kappa shape index (κ3) is 4.43. The Kier molecular flexibility index (Phi) is 5.75. The molecular formula is C13H22N2O5. The van der Waals surface area contributed by atoms with Crippen molar-refractivity contribution in [3.05, 3.63) is 0 Å². The molecule has 114 valence electrons. The molecule has 20 heavy (non-hydrogen) atoms. The summed E-state index contributed by atoms with van der Waals surface area (Å²) in [7, 11) is 0. The predicted molar refractivity (Wildman–Crippen MR) is 70.4 cm³/mol. The molecular weight excluding hydrogens is 264 g/mol. The second-order valence-electron chi connectivity index (χ2n) is 5.09. The van der Waals surface area contributed by atoms with E-state index in [-0.39, 0.29) is 5.91 Å². The standard InChI is InChI=1S/C13H22N2O5/c16-12(15-5-7-19-8-6-15)2-1-3-14-4-9-20-11(10-14)13(17)18/h11H,1-10H2,(H,17,18). The summed E-state index contributed by atoms with van der Waals surface area (Å²) >= 11 is 0. The molecule has 0 saturated carbocycles. The van der Waals surface area contributed by atoms with Crippen molar-refractivity contribution in [3.63, 3.8) is 0 Å². The molecule has 0 aromatic heterocycles. The zero-order valence-corrected chi connectivity index (χ0v) is 11.6. The van der Waals surface area contributed by atoms with Crippen LogP contribution in [0.25, 0.3) is 0 Å². The van der Waals surface area contributed by atoms with Gasteiger partial charge in [-0.2, -0.15) is 0 Å². The van der Waals surface area contributed by atoms with Gasteiger partial charge in [-0.15, -0.1) is 0 Å². The fraction of sp³-hybridized carbons (Fsp3) is 0.846. The van der Waals surface area contributed by atoms with Gasteiger partial charge >= 0.3 is 5.97 Å². The second-order valence-corrected chi connectivity index (χ2v) is 5.09. The average Bonchev–Trinajstić information content (AvgIpc) is 2.48. The maximum atomic E-state index is 11.9. The molecule has 0 radical (unpaired) electrons. The van der Waals surface area contributed by atoms with Crippen molar-refractivity contribution in [2.45, 2.75) is 18.9 Å². The number of rotatable bonds is 5. The van der Waals surface area contributed by atoms with Crippen molar-refractivity contribution in [1.29, 1.82) is 0 Å². The fourth-order valence-electron chi connectivity index (χ4n) is 2.48. The lowest BCUT2D eigenvalue weighted by atomic mass is 10.2. The lowest BCUT2D eigenvalue weighted by Crippen LogP contribution is -2.46. The Morgan fingerprint density at radius 2 is 1.90 bits per heavy atom. The number of carboxylic acid groups (broad SMARTS) is 1. The molecule has 1 unspecified atom stereocenters. The van der Waals surface area contributed by atoms with E-state index in [9.17, 15) is 9.59 Å². The summed E-state index contributed by atoms with van der Waals surface area (Å²) in [6.45, 7) is 4.91. The number of hydrogen-bond acceptors (Lipinski definition) is 5. The van der Waals surface area contributed by atoms with E-state index in [1.165, 1.54) is 0 Å². The predicted octanol–water partition coefficient (Wildman–Crippen LogP) is -0.589. The van der Waals surface area contributed by atoms with Crippen LogP contribution in [0.15, 0.2) is 0 Å². The lowest BCUT2D eigenvalue weighted by molar-refractivity contribution is -0.156. The molecule has 0 aromatic carbocycles. The Labute approximate surface area is 118 Å². The number of hydrogen-bond donors (Lipinski definition) is 1. The summed E-state index contributed by atoms with van der Waals surface area (Å²) in [5.74, 6) is -0.754. The topological polar surface area (TPSA) is 79.3 Å². The van der Waals surface area contributed by atoms with Crippen LogP contribution in [0, 0.1) is 0 Å². The summed E-state index contributed by atoms with van der Waals surface area (Å²) in [4.78, 5) is 26.7. The fourth-order valence-corrected chi connectivity index (χ4v) is 2.48. The van der Waals surface area contributed by atoms with Gasteiger partial charge in [0, 0.05) is 32.6 Å². The van der Waals surface area contributed by atoms with Crippen LogP contribution in [0.2, 0.25) is 0 Å². The number of amides is 1. The highest BCUT2D eigenvalue weighted by atomic mass is 16.5. The zero-order chi connectivity index (χ0) is 14.4. The van der Waals surface area contributed by atoms with E-state index in [2.05, 4.69) is 4.90 Å². The Morgan fingerprint density at radius 3 is 2.60 bits per heavy atom. The molecule has 0 aromatic rings. The average molecular weight is 286 g/mol. The monoisotopic (exact) mass is 286 g/mol. The van der Waals surface area contributed by atoms with Gasteiger partial charge in [-0.1, -0.05) is 0 Å². The Morgan fingerprint density at radius 1 is 1.15 bits per heavy atom. The summed E-state index contributed by atoms with van der Waals surface area (Å²) in [6, 6.07) is 0. The summed E-state index contributed by atoms with van der Waals surface area (Å²) < 4.78 is 10.4. The quantitative estimate of drug-likeness (QED) is 0.728. The Bertz CT molecular complexity index is 344. The van der Waals surface area contributed by atoms with Crippen LogP contribution in [-0.2, 0) is 19.1 Å². The molecule has 1 amide bonds. The van der Waals surface area contributed by atoms with E-state index in [1.54, 1.807) is 0 Å². The molecule has 2 heterocycles. The molecule has 2 saturated heterocycles. The van der Waals surface area contributed by atoms with Crippen molar-refractivity contribution < 1.29 is 24.2 Å². The van der Waals surface area contributed by atoms with Crippen molar-refractivity contribution >= 4 is 11.9 Å². The molecule has 0 aliphatic carbocycles. The van der Waals surface area contributed by atoms with Crippen LogP contribution >= 0.6 is 0 Å². The molecule has 7 nitrogen and oxygen atoms in total. The van der Waals surface area contributed by atoms with Gasteiger partial charge in [0.15, 0.2) is 6.10 Å². The molecule has 1 N–H and O–H groups in total. The van der Waals surface area contributed by atoms with Gasteiger partial charge in [-0.3, -0.25) is 9.69 Å². The first-order chi connectivity index (χ1) is 9.66. The maximum Gasteiger partial charge on any atom is 0.334 e. The molecule has 0 bridgehead atoms. The van der Waals surface area contributed by atoms with Crippen LogP contribution < -0.4 is 0 Å². The summed E-state index contributed by atoms with van der Waals surface area (Å²) in [5, 5.41) is 8.92. The van der Waals surface area contributed by atoms with Crippen LogP contribution in [0.4, 0.5) is 0 Å². The minimum atomic E-state index is -0.918. The van der Waals surface area contributed by atoms with Gasteiger partial charge in [-0.05, 0) is 13.0 Å². The minimum Gasteiger partial charge on any atom is -0.479 e. The first-order valence-corrected chi connectivity index (χ1v) is 7.09. The van der Waals surface area contributed by atoms with Gasteiger partial charge in [0.25, 0.3) is 0 Å². The number of carboxylic acids is 1. The van der Waals surface area contributed by atoms with Crippen LogP contribution in [0.5, 0.6) is 0 Å². The van der Waals surface area contributed by atoms with Gasteiger partial charge in [0.2, 0.25) is 5.91 Å². The maximum absolute atomic E-state index is 11.9. The van der Waals surface area contributed by atoms with Crippen molar-refractivity contribution in [1.82, 2.24) is 9.80 Å². The highest BCUT2D eigenvalue weighted by Crippen LogP contribution is 2.08. The number of carbonyl (C=O) groups is 2. The number of nitrogens with zero attached hydrogens (tertiary/aromatic N) is 2. The normalized spacial score (nSPS) is 24.6. The van der Waals surface area contributed by atoms with E-state index in [0.29, 0.717) is 45.9 Å². The van der Waals surface area contributed by atoms with Crippen LogP contribution in [-0.4, -0.2) is 85.4 Å². The zero-order valence-electron chi connectivity index (χ0n) is 11.6. The van der Waals surface area contributed by atoms with Crippen molar-refractivity contribution in [3.8, 4) is 0 Å². The first kappa shape index (κ1) is 15.2. The SMILES string of the molecule is O=C(O)C1CN(CCCC(=O)N2CCOCC2)CCO1. The molecule has 1 atom stereocenters. The van der Waals surface area contributed by atoms with Gasteiger partial charge in [-0.25, -0.2) is 4.79 Å². The summed E-state index contributed by atoms with van der Waals surface area (Å²) in [5.41, 5.74) is 0. The lowest BCUT2D eigenvalue weighted by Gasteiger charge is -2.31. The largest absolute Gasteiger partial charge is 0.479 e. The van der Waals surface area contributed by atoms with Crippen molar-refractivity contribution in [2.24, 2.45) is 0 Å². The minimum absolute atomic E-state index is 0.163. The van der Waals surface area contributed by atoms with Crippen LogP contribution in [0.1, 0.15) is 12.8 Å². The highest BCUT2D eigenvalue weighted by molar-refractivity contribution is 5.76. The van der Waals surface area contributed by atoms with E-state index in [4.69, 9.17) is 14.6 Å². The number of carbonyl (C=O) groups excluding carboxylic acids is 1. The molecule has 2 rings (SSSR count). The second kappa shape index (κ2) is 7.56. The first-order valence-electron chi connectivity index (χ1n) is 7.09.